The maximum atomic E-state index is 12.4. The molecule has 2 N–H and O–H groups in total. The number of piperazine rings is 1. The van der Waals surface area contributed by atoms with E-state index in [1.165, 1.54) is 0 Å². The van der Waals surface area contributed by atoms with Gasteiger partial charge in [0, 0.05) is 49.5 Å². The van der Waals surface area contributed by atoms with Crippen LogP contribution in [-0.2, 0) is 4.79 Å². The minimum absolute atomic E-state index is 0.229. The third-order valence-corrected chi connectivity index (χ3v) is 5.79. The Labute approximate surface area is 189 Å². The summed E-state index contributed by atoms with van der Waals surface area (Å²) in [5, 5.41) is 6.05. The van der Waals surface area contributed by atoms with Crippen LogP contribution in [-0.4, -0.2) is 48.0 Å². The van der Waals surface area contributed by atoms with Crippen LogP contribution in [0.4, 0.5) is 11.4 Å². The molecule has 0 unspecified atom stereocenters. The van der Waals surface area contributed by atoms with Crippen molar-refractivity contribution in [2.75, 3.05) is 36.4 Å². The van der Waals surface area contributed by atoms with Crippen LogP contribution in [0.25, 0.3) is 0 Å². The number of rotatable bonds is 5. The highest BCUT2D eigenvalue weighted by molar-refractivity contribution is 7.80. The van der Waals surface area contributed by atoms with Crippen LogP contribution in [0, 0.1) is 13.8 Å². The maximum Gasteiger partial charge on any atom is 0.257 e. The highest BCUT2D eigenvalue weighted by Gasteiger charge is 2.20. The van der Waals surface area contributed by atoms with Gasteiger partial charge in [-0.2, -0.15) is 0 Å². The van der Waals surface area contributed by atoms with Gasteiger partial charge in [-0.15, -0.1) is 0 Å². The third kappa shape index (κ3) is 6.04. The van der Waals surface area contributed by atoms with Gasteiger partial charge in [-0.25, -0.2) is 0 Å². The lowest BCUT2D eigenvalue weighted by molar-refractivity contribution is -0.131. The molecular weight excluding hydrogens is 408 g/mol. The topological polar surface area (TPSA) is 64.7 Å². The van der Waals surface area contributed by atoms with Gasteiger partial charge in [0.1, 0.15) is 0 Å². The summed E-state index contributed by atoms with van der Waals surface area (Å²) in [5.74, 6) is 0.0192. The van der Waals surface area contributed by atoms with E-state index in [9.17, 15) is 9.59 Å². The quantitative estimate of drug-likeness (QED) is 0.694. The summed E-state index contributed by atoms with van der Waals surface area (Å²) < 4.78 is 0. The Bertz CT molecular complexity index is 951. The van der Waals surface area contributed by atoms with Crippen LogP contribution in [0.1, 0.15) is 41.3 Å². The molecule has 0 radical (unpaired) electrons. The molecule has 1 aliphatic heterocycles. The zero-order valence-corrected chi connectivity index (χ0v) is 19.2. The molecule has 0 bridgehead atoms. The van der Waals surface area contributed by atoms with E-state index >= 15 is 0 Å². The molecule has 0 atom stereocenters. The standard InChI is InChI=1S/C24H30N4O2S/c1-4-5-22(29)28-14-12-27(13-15-28)21-10-8-20(9-11-21)25-24(31)26-23(30)19-7-6-17(2)18(3)16-19/h6-11,16H,4-5,12-15H2,1-3H3,(H2,25,26,30,31). The third-order valence-electron chi connectivity index (χ3n) is 5.58. The molecule has 1 heterocycles. The highest BCUT2D eigenvalue weighted by Crippen LogP contribution is 2.20. The first-order valence-electron chi connectivity index (χ1n) is 10.7. The van der Waals surface area contributed by atoms with Crippen LogP contribution >= 0.6 is 12.2 Å². The van der Waals surface area contributed by atoms with Gasteiger partial charge in [0.05, 0.1) is 0 Å². The predicted octanol–water partition coefficient (Wildman–Crippen LogP) is 3.88. The van der Waals surface area contributed by atoms with Gasteiger partial charge in [0.15, 0.2) is 5.11 Å². The van der Waals surface area contributed by atoms with E-state index < -0.39 is 0 Å². The number of benzene rings is 2. The first kappa shape index (κ1) is 22.7. The van der Waals surface area contributed by atoms with Crippen molar-refractivity contribution in [2.24, 2.45) is 0 Å². The van der Waals surface area contributed by atoms with E-state index in [-0.39, 0.29) is 16.9 Å². The van der Waals surface area contributed by atoms with Gasteiger partial charge in [0.25, 0.3) is 5.91 Å². The summed E-state index contributed by atoms with van der Waals surface area (Å²) in [7, 11) is 0. The van der Waals surface area contributed by atoms with Crippen LogP contribution in [0.2, 0.25) is 0 Å². The molecule has 164 valence electrons. The molecule has 7 heteroatoms. The van der Waals surface area contributed by atoms with Gasteiger partial charge in [0.2, 0.25) is 5.91 Å². The molecule has 1 saturated heterocycles. The van der Waals surface area contributed by atoms with Gasteiger partial charge in [-0.05, 0) is 80.0 Å². The zero-order chi connectivity index (χ0) is 22.4. The van der Waals surface area contributed by atoms with Crippen LogP contribution in [0.3, 0.4) is 0 Å². The smallest absolute Gasteiger partial charge is 0.257 e. The fourth-order valence-corrected chi connectivity index (χ4v) is 3.77. The van der Waals surface area contributed by atoms with Crippen LogP contribution in [0.5, 0.6) is 0 Å². The average Bonchev–Trinajstić information content (AvgIpc) is 2.76. The number of aryl methyl sites for hydroxylation is 2. The van der Waals surface area contributed by atoms with Crippen LogP contribution in [0.15, 0.2) is 42.5 Å². The average molecular weight is 439 g/mol. The molecule has 31 heavy (non-hydrogen) atoms. The van der Waals surface area contributed by atoms with Crippen molar-refractivity contribution in [3.8, 4) is 0 Å². The van der Waals surface area contributed by atoms with Crippen molar-refractivity contribution in [3.63, 3.8) is 0 Å². The SMILES string of the molecule is CCCC(=O)N1CCN(c2ccc(NC(=S)NC(=O)c3ccc(C)c(C)c3)cc2)CC1. The molecule has 2 aromatic rings. The Morgan fingerprint density at radius 3 is 2.26 bits per heavy atom. The molecule has 1 aliphatic rings. The number of hydrogen-bond acceptors (Lipinski definition) is 4. The van der Waals surface area contributed by atoms with Crippen molar-refractivity contribution in [3.05, 3.63) is 59.2 Å². The summed E-state index contributed by atoms with van der Waals surface area (Å²) >= 11 is 5.30. The molecule has 0 saturated carbocycles. The summed E-state index contributed by atoms with van der Waals surface area (Å²) in [5.41, 5.74) is 4.72. The minimum Gasteiger partial charge on any atom is -0.368 e. The first-order chi connectivity index (χ1) is 14.9. The molecular formula is C24H30N4O2S. The molecule has 2 aromatic carbocycles. The van der Waals surface area contributed by atoms with E-state index in [4.69, 9.17) is 12.2 Å². The van der Waals surface area contributed by atoms with Crippen LogP contribution < -0.4 is 15.5 Å². The Hall–Kier alpha value is -2.93. The van der Waals surface area contributed by atoms with E-state index in [1.54, 1.807) is 6.07 Å². The number of anilines is 2. The van der Waals surface area contributed by atoms with Gasteiger partial charge >= 0.3 is 0 Å². The minimum atomic E-state index is -0.229. The Kier molecular flexibility index (Phi) is 7.63. The van der Waals surface area contributed by atoms with Crippen molar-refractivity contribution in [1.82, 2.24) is 10.2 Å². The summed E-state index contributed by atoms with van der Waals surface area (Å²) in [6.45, 7) is 9.19. The van der Waals surface area contributed by atoms with Crippen molar-refractivity contribution in [2.45, 2.75) is 33.6 Å². The Balaban J connectivity index is 1.51. The number of nitrogens with one attached hydrogen (secondary N) is 2. The number of carbonyl (C=O) groups is 2. The second-order valence-electron chi connectivity index (χ2n) is 7.87. The lowest BCUT2D eigenvalue weighted by atomic mass is 10.1. The molecule has 2 amide bonds. The summed E-state index contributed by atoms with van der Waals surface area (Å²) in [6.07, 6.45) is 1.51. The number of thiocarbonyl (C=S) groups is 1. The first-order valence-corrected chi connectivity index (χ1v) is 11.1. The molecule has 6 nitrogen and oxygen atoms in total. The van der Waals surface area contributed by atoms with Gasteiger partial charge in [-0.3, -0.25) is 14.9 Å². The summed E-state index contributed by atoms with van der Waals surface area (Å²) in [6, 6.07) is 13.5. The van der Waals surface area contributed by atoms with Gasteiger partial charge in [-0.1, -0.05) is 13.0 Å². The highest BCUT2D eigenvalue weighted by atomic mass is 32.1. The van der Waals surface area contributed by atoms with E-state index in [0.29, 0.717) is 12.0 Å². The lowest BCUT2D eigenvalue weighted by Gasteiger charge is -2.36. The molecule has 0 aromatic heterocycles. The Morgan fingerprint density at radius 2 is 1.65 bits per heavy atom. The normalized spacial score (nSPS) is 13.6. The largest absolute Gasteiger partial charge is 0.368 e. The number of hydrogen-bond donors (Lipinski definition) is 2. The predicted molar refractivity (Wildman–Crippen MR) is 130 cm³/mol. The fraction of sp³-hybridized carbons (Fsp3) is 0.375. The summed E-state index contributed by atoms with van der Waals surface area (Å²) in [4.78, 5) is 28.7. The lowest BCUT2D eigenvalue weighted by Crippen LogP contribution is -2.48. The number of amides is 2. The van der Waals surface area contributed by atoms with E-state index in [0.717, 1.165) is 55.1 Å². The molecule has 3 rings (SSSR count). The van der Waals surface area contributed by atoms with Crippen molar-refractivity contribution >= 4 is 40.5 Å². The fourth-order valence-electron chi connectivity index (χ4n) is 3.56. The zero-order valence-electron chi connectivity index (χ0n) is 18.4. The van der Waals surface area contributed by atoms with E-state index in [2.05, 4.69) is 15.5 Å². The van der Waals surface area contributed by atoms with Crippen molar-refractivity contribution < 1.29 is 9.59 Å². The van der Waals surface area contributed by atoms with Crippen molar-refractivity contribution in [1.29, 1.82) is 0 Å². The molecule has 0 aliphatic carbocycles. The monoisotopic (exact) mass is 438 g/mol. The number of nitrogens with zero attached hydrogens (tertiary/aromatic N) is 2. The maximum absolute atomic E-state index is 12.4. The second kappa shape index (κ2) is 10.4. The van der Waals surface area contributed by atoms with Gasteiger partial charge < -0.3 is 15.1 Å². The molecule has 1 fully saturated rings. The second-order valence-corrected chi connectivity index (χ2v) is 8.28. The number of carbonyl (C=O) groups excluding carboxylic acids is 2. The van der Waals surface area contributed by atoms with E-state index in [1.807, 2.05) is 62.1 Å². The molecule has 0 spiro atoms. The Morgan fingerprint density at radius 1 is 0.968 bits per heavy atom.